The molecule has 0 unspecified atom stereocenters. The Morgan fingerprint density at radius 1 is 0.629 bits per heavy atom. The van der Waals surface area contributed by atoms with Crippen LogP contribution in [0.1, 0.15) is 54.8 Å². The van der Waals surface area contributed by atoms with Gasteiger partial charge >= 0.3 is 0 Å². The molecule has 8 nitrogen and oxygen atoms in total. The Morgan fingerprint density at radius 3 is 1.29 bits per heavy atom. The van der Waals surface area contributed by atoms with Crippen LogP contribution < -0.4 is 10.6 Å². The summed E-state index contributed by atoms with van der Waals surface area (Å²) in [6.07, 6.45) is 0.843. The van der Waals surface area contributed by atoms with E-state index >= 15 is 0 Å². The Labute approximate surface area is 206 Å². The van der Waals surface area contributed by atoms with Crippen LogP contribution in [0, 0.1) is 0 Å². The van der Waals surface area contributed by atoms with E-state index in [1.807, 2.05) is 13.8 Å². The molecule has 2 amide bonds. The van der Waals surface area contributed by atoms with E-state index in [9.17, 15) is 19.2 Å². The zero-order valence-corrected chi connectivity index (χ0v) is 20.8. The molecule has 1 fully saturated rings. The number of anilines is 2. The molecule has 0 saturated carbocycles. The maximum absolute atomic E-state index is 12.8. The van der Waals surface area contributed by atoms with Gasteiger partial charge in [0, 0.05) is 48.7 Å². The van der Waals surface area contributed by atoms with E-state index in [4.69, 9.17) is 0 Å². The van der Waals surface area contributed by atoms with Crippen LogP contribution in [0.3, 0.4) is 0 Å². The second kappa shape index (κ2) is 11.9. The molecule has 2 aromatic rings. The molecule has 2 aromatic carbocycles. The van der Waals surface area contributed by atoms with E-state index in [0.717, 1.165) is 19.5 Å². The van der Waals surface area contributed by atoms with Crippen molar-refractivity contribution < 1.29 is 19.2 Å². The van der Waals surface area contributed by atoms with Gasteiger partial charge in [0.2, 0.25) is 11.8 Å². The Bertz CT molecular complexity index is 980. The number of carbonyl (C=O) groups is 4. The lowest BCUT2D eigenvalue weighted by atomic mass is 10.1. The summed E-state index contributed by atoms with van der Waals surface area (Å²) in [7, 11) is 0. The van der Waals surface area contributed by atoms with E-state index in [1.165, 1.54) is 13.8 Å². The van der Waals surface area contributed by atoms with Gasteiger partial charge in [0.15, 0.2) is 11.6 Å². The van der Waals surface area contributed by atoms with Crippen molar-refractivity contribution in [2.75, 3.05) is 36.8 Å². The topological polar surface area (TPSA) is 98.8 Å². The summed E-state index contributed by atoms with van der Waals surface area (Å²) in [6.45, 7) is 9.65. The highest BCUT2D eigenvalue weighted by atomic mass is 16.2. The minimum atomic E-state index is -0.327. The van der Waals surface area contributed by atoms with Crippen LogP contribution in [0.25, 0.3) is 0 Å². The fourth-order valence-electron chi connectivity index (χ4n) is 4.13. The minimum Gasteiger partial charge on any atom is -0.325 e. The van der Waals surface area contributed by atoms with Gasteiger partial charge in [-0.25, -0.2) is 0 Å². The zero-order chi connectivity index (χ0) is 25.5. The first kappa shape index (κ1) is 26.2. The molecular formula is C27H34N4O4. The molecule has 0 radical (unpaired) electrons. The molecule has 186 valence electrons. The lowest BCUT2D eigenvalue weighted by Gasteiger charge is -2.28. The summed E-state index contributed by atoms with van der Waals surface area (Å²) >= 11 is 0. The maximum Gasteiger partial charge on any atom is 0.241 e. The summed E-state index contributed by atoms with van der Waals surface area (Å²) in [5, 5.41) is 5.85. The third-order valence-electron chi connectivity index (χ3n) is 6.54. The van der Waals surface area contributed by atoms with Crippen molar-refractivity contribution in [2.45, 2.75) is 46.2 Å². The zero-order valence-electron chi connectivity index (χ0n) is 20.8. The largest absolute Gasteiger partial charge is 0.325 e. The highest BCUT2D eigenvalue weighted by Crippen LogP contribution is 2.16. The van der Waals surface area contributed by atoms with E-state index in [2.05, 4.69) is 20.4 Å². The Hall–Kier alpha value is -3.36. The van der Waals surface area contributed by atoms with Crippen molar-refractivity contribution in [3.8, 4) is 0 Å². The molecule has 0 aliphatic carbocycles. The number of hydrogen-bond acceptors (Lipinski definition) is 6. The third-order valence-corrected chi connectivity index (χ3v) is 6.54. The Balaban J connectivity index is 1.52. The van der Waals surface area contributed by atoms with Gasteiger partial charge in [-0.15, -0.1) is 0 Å². The van der Waals surface area contributed by atoms with Crippen molar-refractivity contribution in [2.24, 2.45) is 0 Å². The van der Waals surface area contributed by atoms with E-state index in [0.29, 0.717) is 35.6 Å². The normalized spacial score (nSPS) is 16.6. The van der Waals surface area contributed by atoms with Crippen LogP contribution in [0.15, 0.2) is 48.5 Å². The number of hydrogen-bond donors (Lipinski definition) is 2. The third kappa shape index (κ3) is 7.07. The fraction of sp³-hybridized carbons (Fsp3) is 0.407. The molecule has 0 aromatic heterocycles. The summed E-state index contributed by atoms with van der Waals surface area (Å²) in [5.41, 5.74) is 2.53. The molecule has 0 spiro atoms. The second-order valence-corrected chi connectivity index (χ2v) is 9.02. The average Bonchev–Trinajstić information content (AvgIpc) is 3.10. The lowest BCUT2D eigenvalue weighted by Crippen LogP contribution is -2.46. The quantitative estimate of drug-likeness (QED) is 0.564. The van der Waals surface area contributed by atoms with Crippen molar-refractivity contribution in [1.29, 1.82) is 0 Å². The van der Waals surface area contributed by atoms with Crippen molar-refractivity contribution in [1.82, 2.24) is 9.80 Å². The van der Waals surface area contributed by atoms with Gasteiger partial charge in [-0.1, -0.05) is 0 Å². The van der Waals surface area contributed by atoms with Gasteiger partial charge in [0.05, 0.1) is 12.1 Å². The van der Waals surface area contributed by atoms with Gasteiger partial charge in [-0.2, -0.15) is 0 Å². The Kier molecular flexibility index (Phi) is 8.89. The van der Waals surface area contributed by atoms with Crippen molar-refractivity contribution >= 4 is 34.8 Å². The second-order valence-electron chi connectivity index (χ2n) is 9.02. The number of Topliss-reactive ketones (excluding diaryl/α,β-unsaturated/α-hetero) is 2. The fourth-order valence-corrected chi connectivity index (χ4v) is 4.13. The van der Waals surface area contributed by atoms with Crippen LogP contribution in [0.5, 0.6) is 0 Å². The first-order valence-electron chi connectivity index (χ1n) is 12.0. The SMILES string of the molecule is CC(=O)c1ccc(NC(=O)[C@@H](C)N2CCCN([C@H](C)C(=O)Nc3ccc(C(C)=O)cc3)CC2)cc1. The number of nitrogens with zero attached hydrogens (tertiary/aromatic N) is 2. The molecule has 2 N–H and O–H groups in total. The van der Waals surface area contributed by atoms with Crippen LogP contribution in [0.4, 0.5) is 11.4 Å². The number of nitrogens with one attached hydrogen (secondary N) is 2. The standard InChI is InChI=1S/C27H34N4O4/c1-18(26(34)28-24-10-6-22(7-11-24)20(3)32)30-14-5-15-31(17-16-30)19(2)27(35)29-25-12-8-23(9-13-25)21(4)33/h6-13,18-19H,5,14-17H2,1-4H3,(H,28,34)(H,29,35)/t18-,19-/m1/s1. The lowest BCUT2D eigenvalue weighted by molar-refractivity contribution is -0.122. The smallest absolute Gasteiger partial charge is 0.241 e. The number of rotatable bonds is 8. The first-order chi connectivity index (χ1) is 16.7. The molecule has 0 bridgehead atoms. The highest BCUT2D eigenvalue weighted by molar-refractivity contribution is 5.98. The van der Waals surface area contributed by atoms with Gasteiger partial charge in [0.1, 0.15) is 0 Å². The highest BCUT2D eigenvalue weighted by Gasteiger charge is 2.28. The summed E-state index contributed by atoms with van der Waals surface area (Å²) in [6, 6.07) is 13.1. The van der Waals surface area contributed by atoms with Gasteiger partial charge in [0.25, 0.3) is 0 Å². The summed E-state index contributed by atoms with van der Waals surface area (Å²) in [4.78, 5) is 52.8. The predicted molar refractivity (Wildman–Crippen MR) is 137 cm³/mol. The predicted octanol–water partition coefficient (Wildman–Crippen LogP) is 3.45. The Morgan fingerprint density at radius 2 is 0.971 bits per heavy atom. The van der Waals surface area contributed by atoms with Gasteiger partial charge < -0.3 is 10.6 Å². The number of amides is 2. The summed E-state index contributed by atoms with van der Waals surface area (Å²) in [5.74, 6) is -0.235. The molecule has 1 aliphatic rings. The minimum absolute atomic E-state index is 0.0147. The number of benzene rings is 2. The van der Waals surface area contributed by atoms with Crippen LogP contribution in [0.2, 0.25) is 0 Å². The molecule has 8 heteroatoms. The number of ketones is 2. The molecule has 3 rings (SSSR count). The molecule has 1 aliphatic heterocycles. The van der Waals surface area contributed by atoms with Crippen LogP contribution >= 0.6 is 0 Å². The van der Waals surface area contributed by atoms with Crippen LogP contribution in [-0.4, -0.2) is 71.4 Å². The van der Waals surface area contributed by atoms with Crippen molar-refractivity contribution in [3.05, 3.63) is 59.7 Å². The average molecular weight is 479 g/mol. The molecule has 1 heterocycles. The van der Waals surface area contributed by atoms with E-state index < -0.39 is 0 Å². The maximum atomic E-state index is 12.8. The monoisotopic (exact) mass is 478 g/mol. The van der Waals surface area contributed by atoms with E-state index in [-0.39, 0.29) is 35.5 Å². The first-order valence-corrected chi connectivity index (χ1v) is 12.0. The van der Waals surface area contributed by atoms with Crippen LogP contribution in [-0.2, 0) is 9.59 Å². The molecule has 1 saturated heterocycles. The van der Waals surface area contributed by atoms with E-state index in [1.54, 1.807) is 48.5 Å². The van der Waals surface area contributed by atoms with Gasteiger partial charge in [-0.3, -0.25) is 29.0 Å². The number of carbonyl (C=O) groups excluding carboxylic acids is 4. The molecule has 35 heavy (non-hydrogen) atoms. The van der Waals surface area contributed by atoms with Gasteiger partial charge in [-0.05, 0) is 82.6 Å². The molecule has 2 atom stereocenters. The van der Waals surface area contributed by atoms with Crippen molar-refractivity contribution in [3.63, 3.8) is 0 Å². The molecular weight excluding hydrogens is 444 g/mol. The summed E-state index contributed by atoms with van der Waals surface area (Å²) < 4.78 is 0.